The average Bonchev–Trinajstić information content (AvgIpc) is 2.69. The molecule has 106 valence electrons. The van der Waals surface area contributed by atoms with Crippen molar-refractivity contribution in [3.63, 3.8) is 0 Å². The first-order valence-corrected chi connectivity index (χ1v) is 7.56. The van der Waals surface area contributed by atoms with E-state index in [9.17, 15) is 13.2 Å². The van der Waals surface area contributed by atoms with E-state index in [1.807, 2.05) is 0 Å². The minimum atomic E-state index is -3.81. The van der Waals surface area contributed by atoms with Gasteiger partial charge in [-0.15, -0.1) is 0 Å². The molecule has 1 aliphatic rings. The van der Waals surface area contributed by atoms with Crippen LogP contribution in [0.1, 0.15) is 12.8 Å². The molecule has 0 spiro atoms. The van der Waals surface area contributed by atoms with Gasteiger partial charge in [0.1, 0.15) is 0 Å². The number of piperidine rings is 1. The van der Waals surface area contributed by atoms with Crippen LogP contribution in [0, 0.1) is 5.92 Å². The zero-order chi connectivity index (χ0) is 14.2. The van der Waals surface area contributed by atoms with Crippen LogP contribution in [0.15, 0.2) is 11.2 Å². The molecule has 0 aromatic carbocycles. The Hall–Kier alpha value is -1.12. The van der Waals surface area contributed by atoms with Gasteiger partial charge >= 0.3 is 5.97 Å². The van der Waals surface area contributed by atoms with Gasteiger partial charge in [0.05, 0.1) is 17.1 Å². The van der Waals surface area contributed by atoms with Crippen LogP contribution in [-0.4, -0.2) is 46.7 Å². The Bertz CT molecular complexity index is 578. The quantitative estimate of drug-likeness (QED) is 0.880. The van der Waals surface area contributed by atoms with E-state index < -0.39 is 21.9 Å². The van der Waals surface area contributed by atoms with Crippen LogP contribution in [0.25, 0.3) is 0 Å². The number of halogens is 1. The van der Waals surface area contributed by atoms with E-state index in [1.54, 1.807) is 0 Å². The standard InChI is InChI=1S/C10H14ClN3O4S/c1-13-9(8(11)5-12-13)19(17,18)14-4-2-3-7(6-14)10(15)16/h5,7H,2-4,6H2,1H3,(H,15,16)/t7-/m0/s1. The molecule has 0 unspecified atom stereocenters. The number of carboxylic acid groups (broad SMARTS) is 1. The fourth-order valence-electron chi connectivity index (χ4n) is 2.17. The summed E-state index contributed by atoms with van der Waals surface area (Å²) in [6.45, 7) is 0.271. The van der Waals surface area contributed by atoms with Crippen molar-refractivity contribution in [2.45, 2.75) is 17.9 Å². The predicted octanol–water partition coefficient (Wildman–Crippen LogP) is 0.559. The first-order chi connectivity index (χ1) is 8.84. The molecule has 1 saturated heterocycles. The van der Waals surface area contributed by atoms with E-state index in [4.69, 9.17) is 16.7 Å². The number of nitrogens with zero attached hydrogens (tertiary/aromatic N) is 3. The lowest BCUT2D eigenvalue weighted by Crippen LogP contribution is -2.42. The van der Waals surface area contributed by atoms with Crippen LogP contribution in [-0.2, 0) is 21.9 Å². The Kier molecular flexibility index (Phi) is 3.84. The molecule has 1 atom stereocenters. The maximum atomic E-state index is 12.4. The molecule has 2 rings (SSSR count). The Morgan fingerprint density at radius 2 is 2.26 bits per heavy atom. The number of aliphatic carboxylic acids is 1. The largest absolute Gasteiger partial charge is 0.481 e. The lowest BCUT2D eigenvalue weighted by atomic mass is 10.0. The monoisotopic (exact) mass is 307 g/mol. The summed E-state index contributed by atoms with van der Waals surface area (Å²) in [5.74, 6) is -1.65. The second-order valence-electron chi connectivity index (χ2n) is 4.46. The molecule has 1 N–H and O–H groups in total. The smallest absolute Gasteiger partial charge is 0.307 e. The molecular formula is C10H14ClN3O4S. The second-order valence-corrected chi connectivity index (χ2v) is 6.72. The van der Waals surface area contributed by atoms with E-state index in [-0.39, 0.29) is 16.6 Å². The van der Waals surface area contributed by atoms with E-state index in [0.29, 0.717) is 19.4 Å². The van der Waals surface area contributed by atoms with Gasteiger partial charge in [0.2, 0.25) is 0 Å². The number of hydrogen-bond acceptors (Lipinski definition) is 4. The summed E-state index contributed by atoms with van der Waals surface area (Å²) < 4.78 is 27.2. The van der Waals surface area contributed by atoms with Crippen LogP contribution in [0.2, 0.25) is 5.02 Å². The molecule has 0 radical (unpaired) electrons. The molecule has 1 fully saturated rings. The number of sulfonamides is 1. The second kappa shape index (κ2) is 5.10. The van der Waals surface area contributed by atoms with E-state index >= 15 is 0 Å². The first-order valence-electron chi connectivity index (χ1n) is 5.74. The summed E-state index contributed by atoms with van der Waals surface area (Å²) in [6.07, 6.45) is 2.26. The van der Waals surface area contributed by atoms with E-state index in [1.165, 1.54) is 17.9 Å². The summed E-state index contributed by atoms with van der Waals surface area (Å²) in [5, 5.41) is 12.7. The van der Waals surface area contributed by atoms with Gasteiger partial charge in [-0.2, -0.15) is 9.40 Å². The summed E-state index contributed by atoms with van der Waals surface area (Å²) in [7, 11) is -2.32. The van der Waals surface area contributed by atoms with Crippen molar-refractivity contribution in [2.24, 2.45) is 13.0 Å². The number of aryl methyl sites for hydroxylation is 1. The molecule has 0 saturated carbocycles. The molecule has 19 heavy (non-hydrogen) atoms. The molecule has 0 aliphatic carbocycles. The van der Waals surface area contributed by atoms with Crippen LogP contribution in [0.5, 0.6) is 0 Å². The van der Waals surface area contributed by atoms with E-state index in [0.717, 1.165) is 4.31 Å². The molecule has 0 bridgehead atoms. The Balaban J connectivity index is 2.32. The van der Waals surface area contributed by atoms with Crippen molar-refractivity contribution in [1.29, 1.82) is 0 Å². The Morgan fingerprint density at radius 1 is 1.58 bits per heavy atom. The molecule has 1 aromatic heterocycles. The van der Waals surface area contributed by atoms with Crippen LogP contribution in [0.4, 0.5) is 0 Å². The Morgan fingerprint density at radius 3 is 2.79 bits per heavy atom. The minimum Gasteiger partial charge on any atom is -0.481 e. The van der Waals surface area contributed by atoms with Crippen LogP contribution < -0.4 is 0 Å². The van der Waals surface area contributed by atoms with Crippen LogP contribution >= 0.6 is 11.6 Å². The van der Waals surface area contributed by atoms with Gasteiger partial charge in [0.15, 0.2) is 5.03 Å². The number of aromatic nitrogens is 2. The number of carbonyl (C=O) groups is 1. The highest BCUT2D eigenvalue weighted by molar-refractivity contribution is 7.89. The molecule has 1 aliphatic heterocycles. The van der Waals surface area contributed by atoms with Crippen molar-refractivity contribution in [3.8, 4) is 0 Å². The lowest BCUT2D eigenvalue weighted by molar-refractivity contribution is -0.142. The van der Waals surface area contributed by atoms with Crippen molar-refractivity contribution in [2.75, 3.05) is 13.1 Å². The molecular weight excluding hydrogens is 294 g/mol. The van der Waals surface area contributed by atoms with Crippen molar-refractivity contribution < 1.29 is 18.3 Å². The Labute approximate surface area is 115 Å². The first kappa shape index (κ1) is 14.3. The predicted molar refractivity (Wildman–Crippen MR) is 67.3 cm³/mol. The third kappa shape index (κ3) is 2.60. The number of carboxylic acids is 1. The van der Waals surface area contributed by atoms with Gasteiger partial charge < -0.3 is 5.11 Å². The normalized spacial score (nSPS) is 21.5. The van der Waals surface area contributed by atoms with Gasteiger partial charge in [-0.05, 0) is 12.8 Å². The molecule has 1 aromatic rings. The SMILES string of the molecule is Cn1ncc(Cl)c1S(=O)(=O)N1CCC[C@H](C(=O)O)C1. The highest BCUT2D eigenvalue weighted by Crippen LogP contribution is 2.27. The van der Waals surface area contributed by atoms with Crippen molar-refractivity contribution in [3.05, 3.63) is 11.2 Å². The highest BCUT2D eigenvalue weighted by atomic mass is 35.5. The zero-order valence-electron chi connectivity index (χ0n) is 10.3. The fourth-order valence-corrected chi connectivity index (χ4v) is 4.30. The van der Waals surface area contributed by atoms with Gasteiger partial charge in [0.25, 0.3) is 10.0 Å². The molecule has 0 amide bonds. The fraction of sp³-hybridized carbons (Fsp3) is 0.600. The molecule has 7 nitrogen and oxygen atoms in total. The average molecular weight is 308 g/mol. The number of rotatable bonds is 3. The van der Waals surface area contributed by atoms with Gasteiger partial charge in [0, 0.05) is 20.1 Å². The van der Waals surface area contributed by atoms with Gasteiger partial charge in [-0.3, -0.25) is 9.48 Å². The topological polar surface area (TPSA) is 92.5 Å². The maximum Gasteiger partial charge on any atom is 0.307 e. The minimum absolute atomic E-state index is 0.0286. The zero-order valence-corrected chi connectivity index (χ0v) is 11.9. The van der Waals surface area contributed by atoms with E-state index in [2.05, 4.69) is 5.10 Å². The number of hydrogen-bond donors (Lipinski definition) is 1. The summed E-state index contributed by atoms with van der Waals surface area (Å²) in [4.78, 5) is 11.0. The van der Waals surface area contributed by atoms with Gasteiger partial charge in [-0.1, -0.05) is 11.6 Å². The third-order valence-electron chi connectivity index (χ3n) is 3.16. The highest BCUT2D eigenvalue weighted by Gasteiger charge is 2.35. The van der Waals surface area contributed by atoms with Crippen LogP contribution in [0.3, 0.4) is 0 Å². The molecule has 9 heteroatoms. The third-order valence-corrected chi connectivity index (χ3v) is 5.53. The summed E-state index contributed by atoms with van der Waals surface area (Å²) in [6, 6.07) is 0. The maximum absolute atomic E-state index is 12.4. The molecule has 2 heterocycles. The lowest BCUT2D eigenvalue weighted by Gasteiger charge is -2.29. The van der Waals surface area contributed by atoms with Gasteiger partial charge in [-0.25, -0.2) is 8.42 Å². The van der Waals surface area contributed by atoms with Crippen molar-refractivity contribution in [1.82, 2.24) is 14.1 Å². The summed E-state index contributed by atoms with van der Waals surface area (Å²) >= 11 is 5.84. The van der Waals surface area contributed by atoms with Crippen molar-refractivity contribution >= 4 is 27.6 Å². The summed E-state index contributed by atoms with van der Waals surface area (Å²) in [5.41, 5.74) is 0.